The summed E-state index contributed by atoms with van der Waals surface area (Å²) in [6, 6.07) is 11.5. The van der Waals surface area contributed by atoms with Crippen LogP contribution >= 0.6 is 22.6 Å². The molecule has 0 aliphatic heterocycles. The molecule has 0 saturated heterocycles. The van der Waals surface area contributed by atoms with E-state index in [1.807, 2.05) is 7.05 Å². The third kappa shape index (κ3) is 4.07. The number of likely N-dealkylation sites (N-methyl/N-ethyl adjacent to an activating group) is 1. The molecule has 1 heterocycles. The van der Waals surface area contributed by atoms with Crippen LogP contribution < -0.4 is 5.32 Å². The first kappa shape index (κ1) is 16.5. The van der Waals surface area contributed by atoms with Gasteiger partial charge in [0.05, 0.1) is 11.7 Å². The Morgan fingerprint density at radius 1 is 1.19 bits per heavy atom. The van der Waals surface area contributed by atoms with Crippen LogP contribution in [0.4, 0.5) is 0 Å². The molecular formula is C17H24IN3. The zero-order valence-corrected chi connectivity index (χ0v) is 15.2. The summed E-state index contributed by atoms with van der Waals surface area (Å²) in [5, 5.41) is 8.19. The highest BCUT2D eigenvalue weighted by molar-refractivity contribution is 14.1. The summed E-state index contributed by atoms with van der Waals surface area (Å²) in [6.45, 7) is 4.44. The summed E-state index contributed by atoms with van der Waals surface area (Å²) in [4.78, 5) is 0. The average Bonchev–Trinajstić information content (AvgIpc) is 2.95. The van der Waals surface area contributed by atoms with E-state index in [2.05, 4.69) is 83.0 Å². The van der Waals surface area contributed by atoms with Gasteiger partial charge in [0.15, 0.2) is 0 Å². The molecule has 1 unspecified atom stereocenters. The molecule has 21 heavy (non-hydrogen) atoms. The second kappa shape index (κ2) is 7.94. The molecule has 0 aliphatic rings. The summed E-state index contributed by atoms with van der Waals surface area (Å²) in [6.07, 6.45) is 5.30. The van der Waals surface area contributed by atoms with Gasteiger partial charge >= 0.3 is 0 Å². The van der Waals surface area contributed by atoms with E-state index < -0.39 is 0 Å². The zero-order chi connectivity index (χ0) is 15.2. The molecular weight excluding hydrogens is 373 g/mol. The van der Waals surface area contributed by atoms with E-state index in [0.717, 1.165) is 25.0 Å². The Kier molecular flexibility index (Phi) is 6.23. The molecule has 0 saturated carbocycles. The van der Waals surface area contributed by atoms with Crippen molar-refractivity contribution in [1.82, 2.24) is 15.1 Å². The van der Waals surface area contributed by atoms with Crippen LogP contribution in [0.25, 0.3) is 0 Å². The number of hydrogen-bond donors (Lipinski definition) is 1. The minimum Gasteiger partial charge on any atom is -0.313 e. The lowest BCUT2D eigenvalue weighted by Crippen LogP contribution is -2.20. The Bertz CT molecular complexity index is 561. The molecule has 0 aliphatic carbocycles. The van der Waals surface area contributed by atoms with Crippen LogP contribution in [0.15, 0.2) is 36.5 Å². The number of benzene rings is 1. The molecule has 114 valence electrons. The van der Waals surface area contributed by atoms with Crippen LogP contribution in [0.1, 0.15) is 50.0 Å². The lowest BCUT2D eigenvalue weighted by molar-refractivity contribution is 0.423. The van der Waals surface area contributed by atoms with Crippen molar-refractivity contribution < 1.29 is 0 Å². The van der Waals surface area contributed by atoms with Gasteiger partial charge in [0.25, 0.3) is 0 Å². The van der Waals surface area contributed by atoms with Crippen molar-refractivity contribution in [2.45, 2.75) is 45.2 Å². The molecule has 0 spiro atoms. The highest BCUT2D eigenvalue weighted by Gasteiger charge is 2.15. The van der Waals surface area contributed by atoms with Crippen LogP contribution in [-0.4, -0.2) is 16.8 Å². The van der Waals surface area contributed by atoms with Crippen LogP contribution in [0, 0.1) is 3.57 Å². The standard InChI is InChI=1S/C17H24IN3/c1-4-14(5-2)21-11-10-13(20-21)12-17(19-3)15-8-6-7-9-16(15)18/h6-11,14,17,19H,4-5,12H2,1-3H3. The Morgan fingerprint density at radius 3 is 2.52 bits per heavy atom. The molecule has 1 N–H and O–H groups in total. The minimum absolute atomic E-state index is 0.308. The van der Waals surface area contributed by atoms with Gasteiger partial charge < -0.3 is 5.32 Å². The number of rotatable bonds is 7. The Hall–Kier alpha value is -0.880. The highest BCUT2D eigenvalue weighted by atomic mass is 127. The maximum absolute atomic E-state index is 4.77. The molecule has 0 amide bonds. The maximum Gasteiger partial charge on any atom is 0.0643 e. The number of nitrogens with one attached hydrogen (secondary N) is 1. The molecule has 1 aromatic carbocycles. The third-order valence-corrected chi connectivity index (χ3v) is 5.00. The van der Waals surface area contributed by atoms with Gasteiger partial charge in [-0.25, -0.2) is 0 Å². The number of aromatic nitrogens is 2. The van der Waals surface area contributed by atoms with Crippen molar-refractivity contribution in [3.63, 3.8) is 0 Å². The molecule has 2 rings (SSSR count). The fourth-order valence-corrected chi connectivity index (χ4v) is 3.45. The molecule has 4 heteroatoms. The second-order valence-electron chi connectivity index (χ2n) is 5.32. The number of nitrogens with zero attached hydrogens (tertiary/aromatic N) is 2. The summed E-state index contributed by atoms with van der Waals surface area (Å²) < 4.78 is 3.42. The van der Waals surface area contributed by atoms with Crippen molar-refractivity contribution >= 4 is 22.6 Å². The summed E-state index contributed by atoms with van der Waals surface area (Å²) in [5.41, 5.74) is 2.50. The molecule has 0 radical (unpaired) electrons. The van der Waals surface area contributed by atoms with E-state index in [-0.39, 0.29) is 0 Å². The van der Waals surface area contributed by atoms with Gasteiger partial charge in [0, 0.05) is 22.2 Å². The van der Waals surface area contributed by atoms with Crippen molar-refractivity contribution in [3.05, 3.63) is 51.4 Å². The quantitative estimate of drug-likeness (QED) is 0.704. The van der Waals surface area contributed by atoms with E-state index in [1.54, 1.807) is 0 Å². The van der Waals surface area contributed by atoms with E-state index in [1.165, 1.54) is 9.13 Å². The lowest BCUT2D eigenvalue weighted by Gasteiger charge is -2.17. The van der Waals surface area contributed by atoms with Gasteiger partial charge in [-0.2, -0.15) is 5.10 Å². The molecule has 2 aromatic rings. The normalized spacial score (nSPS) is 12.8. The SMILES string of the molecule is CCC(CC)n1ccc(CC(NC)c2ccccc2I)n1. The van der Waals surface area contributed by atoms with Crippen molar-refractivity contribution in [2.75, 3.05) is 7.05 Å². The topological polar surface area (TPSA) is 29.9 Å². The largest absolute Gasteiger partial charge is 0.313 e. The first-order chi connectivity index (χ1) is 10.2. The Morgan fingerprint density at radius 2 is 1.90 bits per heavy atom. The van der Waals surface area contributed by atoms with Crippen molar-refractivity contribution in [1.29, 1.82) is 0 Å². The summed E-state index contributed by atoms with van der Waals surface area (Å²) >= 11 is 2.40. The molecule has 3 nitrogen and oxygen atoms in total. The van der Waals surface area contributed by atoms with Gasteiger partial charge in [-0.05, 0) is 60.2 Å². The van der Waals surface area contributed by atoms with Crippen LogP contribution in [0.2, 0.25) is 0 Å². The van der Waals surface area contributed by atoms with E-state index >= 15 is 0 Å². The number of hydrogen-bond acceptors (Lipinski definition) is 2. The molecule has 1 atom stereocenters. The van der Waals surface area contributed by atoms with Gasteiger partial charge in [-0.1, -0.05) is 32.0 Å². The summed E-state index contributed by atoms with van der Waals surface area (Å²) in [7, 11) is 2.02. The highest BCUT2D eigenvalue weighted by Crippen LogP contribution is 2.23. The van der Waals surface area contributed by atoms with E-state index in [0.29, 0.717) is 12.1 Å². The predicted octanol–water partition coefficient (Wildman–Crippen LogP) is 4.35. The monoisotopic (exact) mass is 397 g/mol. The third-order valence-electron chi connectivity index (χ3n) is 4.02. The zero-order valence-electron chi connectivity index (χ0n) is 13.0. The Labute approximate surface area is 141 Å². The predicted molar refractivity (Wildman–Crippen MR) is 96.5 cm³/mol. The van der Waals surface area contributed by atoms with Gasteiger partial charge in [-0.15, -0.1) is 0 Å². The fraction of sp³-hybridized carbons (Fsp3) is 0.471. The van der Waals surface area contributed by atoms with E-state index in [4.69, 9.17) is 5.10 Å². The molecule has 1 aromatic heterocycles. The first-order valence-corrected chi connectivity index (χ1v) is 8.73. The number of halogens is 1. The maximum atomic E-state index is 4.77. The lowest BCUT2D eigenvalue weighted by atomic mass is 10.0. The smallest absolute Gasteiger partial charge is 0.0643 e. The van der Waals surface area contributed by atoms with Gasteiger partial charge in [0.1, 0.15) is 0 Å². The van der Waals surface area contributed by atoms with Gasteiger partial charge in [-0.3, -0.25) is 4.68 Å². The van der Waals surface area contributed by atoms with Crippen LogP contribution in [-0.2, 0) is 6.42 Å². The van der Waals surface area contributed by atoms with E-state index in [9.17, 15) is 0 Å². The second-order valence-corrected chi connectivity index (χ2v) is 6.49. The minimum atomic E-state index is 0.308. The van der Waals surface area contributed by atoms with Crippen LogP contribution in [0.5, 0.6) is 0 Å². The fourth-order valence-electron chi connectivity index (χ4n) is 2.69. The molecule has 0 bridgehead atoms. The van der Waals surface area contributed by atoms with Gasteiger partial charge in [0.2, 0.25) is 0 Å². The average molecular weight is 397 g/mol. The van der Waals surface area contributed by atoms with Crippen LogP contribution in [0.3, 0.4) is 0 Å². The first-order valence-electron chi connectivity index (χ1n) is 7.65. The van der Waals surface area contributed by atoms with Crippen molar-refractivity contribution in [3.8, 4) is 0 Å². The Balaban J connectivity index is 2.14. The molecule has 0 fully saturated rings. The summed E-state index contributed by atoms with van der Waals surface area (Å²) in [5.74, 6) is 0. The van der Waals surface area contributed by atoms with Crippen molar-refractivity contribution in [2.24, 2.45) is 0 Å².